The monoisotopic (exact) mass is 420 g/mol. The second-order valence-electron chi connectivity index (χ2n) is 10.9. The van der Waals surface area contributed by atoms with Crippen LogP contribution in [0.5, 0.6) is 0 Å². The molecule has 5 aromatic rings. The lowest BCUT2D eigenvalue weighted by Crippen LogP contribution is -2.10. The van der Waals surface area contributed by atoms with Crippen molar-refractivity contribution >= 4 is 21.8 Å². The van der Waals surface area contributed by atoms with E-state index in [2.05, 4.69) is 136 Å². The van der Waals surface area contributed by atoms with Gasteiger partial charge in [-0.2, -0.15) is 0 Å². The largest absolute Gasteiger partial charge is 0.317 e. The van der Waals surface area contributed by atoms with E-state index in [1.54, 1.807) is 0 Å². The van der Waals surface area contributed by atoms with Crippen molar-refractivity contribution in [1.29, 1.82) is 0 Å². The van der Waals surface area contributed by atoms with Gasteiger partial charge in [-0.1, -0.05) is 65.8 Å². The summed E-state index contributed by atoms with van der Waals surface area (Å²) in [5.74, 6) is 0. The van der Waals surface area contributed by atoms with Gasteiger partial charge in [0.1, 0.15) is 0 Å². The molecule has 2 heterocycles. The van der Waals surface area contributed by atoms with Gasteiger partial charge in [0, 0.05) is 34.5 Å². The molecule has 0 atom stereocenters. The first-order valence-electron chi connectivity index (χ1n) is 11.5. The van der Waals surface area contributed by atoms with Crippen LogP contribution in [0.25, 0.3) is 33.2 Å². The van der Waals surface area contributed by atoms with Crippen molar-refractivity contribution in [1.82, 2.24) is 9.13 Å². The standard InChI is InChI=1S/C30H32N2/c1-29(2,3)23-7-11-25(12-8-23)31-17-15-21-20-28-22(19-27(21)31)16-18-32(28)26-13-9-24(10-14-26)30(4,5)6/h7-20H,1-6H3. The van der Waals surface area contributed by atoms with Gasteiger partial charge in [0.2, 0.25) is 0 Å². The molecule has 0 aliphatic carbocycles. The maximum atomic E-state index is 2.31. The second-order valence-corrected chi connectivity index (χ2v) is 10.9. The first kappa shape index (κ1) is 20.6. The molecule has 0 spiro atoms. The minimum absolute atomic E-state index is 0.164. The summed E-state index contributed by atoms with van der Waals surface area (Å²) < 4.78 is 4.58. The van der Waals surface area contributed by atoms with Crippen LogP contribution in [-0.2, 0) is 10.8 Å². The number of benzene rings is 3. The van der Waals surface area contributed by atoms with Crippen molar-refractivity contribution < 1.29 is 0 Å². The zero-order chi connectivity index (χ0) is 22.7. The summed E-state index contributed by atoms with van der Waals surface area (Å²) in [6, 6.07) is 26.9. The van der Waals surface area contributed by atoms with E-state index in [1.165, 1.54) is 44.3 Å². The van der Waals surface area contributed by atoms with Crippen LogP contribution in [0.3, 0.4) is 0 Å². The van der Waals surface area contributed by atoms with Crippen LogP contribution in [0.1, 0.15) is 52.7 Å². The van der Waals surface area contributed by atoms with Crippen LogP contribution >= 0.6 is 0 Å². The third kappa shape index (κ3) is 3.54. The predicted molar refractivity (Wildman–Crippen MR) is 138 cm³/mol. The van der Waals surface area contributed by atoms with Crippen molar-refractivity contribution in [2.24, 2.45) is 0 Å². The number of aromatic nitrogens is 2. The van der Waals surface area contributed by atoms with Crippen LogP contribution in [0.2, 0.25) is 0 Å². The molecule has 0 aliphatic rings. The molecular weight excluding hydrogens is 388 g/mol. The highest BCUT2D eigenvalue weighted by Gasteiger charge is 2.15. The Morgan fingerprint density at radius 3 is 1.12 bits per heavy atom. The van der Waals surface area contributed by atoms with Crippen LogP contribution in [0, 0.1) is 0 Å². The van der Waals surface area contributed by atoms with E-state index in [0.717, 1.165) is 0 Å². The highest BCUT2D eigenvalue weighted by Crippen LogP contribution is 2.30. The van der Waals surface area contributed by atoms with Crippen LogP contribution in [-0.4, -0.2) is 9.13 Å². The molecule has 2 nitrogen and oxygen atoms in total. The lowest BCUT2D eigenvalue weighted by Gasteiger charge is -2.19. The van der Waals surface area contributed by atoms with Crippen molar-refractivity contribution in [3.05, 3.63) is 96.3 Å². The van der Waals surface area contributed by atoms with Gasteiger partial charge < -0.3 is 9.13 Å². The van der Waals surface area contributed by atoms with Gasteiger partial charge in [-0.15, -0.1) is 0 Å². The van der Waals surface area contributed by atoms with E-state index < -0.39 is 0 Å². The van der Waals surface area contributed by atoms with E-state index >= 15 is 0 Å². The van der Waals surface area contributed by atoms with E-state index in [-0.39, 0.29) is 10.8 Å². The molecule has 32 heavy (non-hydrogen) atoms. The third-order valence-electron chi connectivity index (χ3n) is 6.52. The first-order chi connectivity index (χ1) is 15.1. The fourth-order valence-electron chi connectivity index (χ4n) is 4.46. The van der Waals surface area contributed by atoms with Crippen LogP contribution in [0.15, 0.2) is 85.2 Å². The molecule has 0 bridgehead atoms. The molecule has 0 saturated heterocycles. The van der Waals surface area contributed by atoms with Gasteiger partial charge in [-0.3, -0.25) is 0 Å². The minimum atomic E-state index is 0.164. The fraction of sp³-hybridized carbons (Fsp3) is 0.267. The van der Waals surface area contributed by atoms with Crippen molar-refractivity contribution in [2.75, 3.05) is 0 Å². The Bertz CT molecular complexity index is 1290. The summed E-state index contributed by atoms with van der Waals surface area (Å²) in [5.41, 5.74) is 7.91. The molecule has 0 unspecified atom stereocenters. The van der Waals surface area contributed by atoms with E-state index in [1.807, 2.05) is 0 Å². The summed E-state index contributed by atoms with van der Waals surface area (Å²) in [6.45, 7) is 13.5. The van der Waals surface area contributed by atoms with Crippen molar-refractivity contribution in [3.63, 3.8) is 0 Å². The number of fused-ring (bicyclic) bond motifs is 2. The van der Waals surface area contributed by atoms with Gasteiger partial charge in [0.05, 0.1) is 11.0 Å². The zero-order valence-corrected chi connectivity index (χ0v) is 20.0. The number of nitrogens with zero attached hydrogens (tertiary/aromatic N) is 2. The quantitative estimate of drug-likeness (QED) is 0.272. The number of hydrogen-bond donors (Lipinski definition) is 0. The zero-order valence-electron chi connectivity index (χ0n) is 20.0. The first-order valence-corrected chi connectivity index (χ1v) is 11.5. The molecule has 0 saturated carbocycles. The predicted octanol–water partition coefficient (Wildman–Crippen LogP) is 8.17. The smallest absolute Gasteiger partial charge is 0.0535 e. The Kier molecular flexibility index (Phi) is 4.60. The Labute approximate surface area is 191 Å². The van der Waals surface area contributed by atoms with Crippen molar-refractivity contribution in [3.8, 4) is 11.4 Å². The average Bonchev–Trinajstić information content (AvgIpc) is 3.34. The highest BCUT2D eigenvalue weighted by molar-refractivity contribution is 5.97. The molecule has 2 aromatic heterocycles. The SMILES string of the molecule is CC(C)(C)c1ccc(-n2ccc3cc4c(ccn4-c4ccc(C(C)(C)C)cc4)cc32)cc1. The minimum Gasteiger partial charge on any atom is -0.317 e. The highest BCUT2D eigenvalue weighted by atomic mass is 15.0. The number of rotatable bonds is 2. The Morgan fingerprint density at radius 2 is 0.812 bits per heavy atom. The normalized spacial score (nSPS) is 12.7. The van der Waals surface area contributed by atoms with Gasteiger partial charge in [-0.05, 0) is 70.5 Å². The molecule has 0 N–H and O–H groups in total. The Balaban J connectivity index is 1.56. The molecule has 0 amide bonds. The third-order valence-corrected chi connectivity index (χ3v) is 6.52. The molecule has 162 valence electrons. The molecule has 0 fully saturated rings. The van der Waals surface area contributed by atoms with Gasteiger partial charge in [0.15, 0.2) is 0 Å². The molecule has 2 heteroatoms. The van der Waals surface area contributed by atoms with Gasteiger partial charge in [0.25, 0.3) is 0 Å². The lowest BCUT2D eigenvalue weighted by molar-refractivity contribution is 0.590. The molecule has 3 aromatic carbocycles. The summed E-state index contributed by atoms with van der Waals surface area (Å²) in [7, 11) is 0. The van der Waals surface area contributed by atoms with E-state index in [0.29, 0.717) is 0 Å². The van der Waals surface area contributed by atoms with Gasteiger partial charge >= 0.3 is 0 Å². The molecular formula is C30H32N2. The summed E-state index contributed by atoms with van der Waals surface area (Å²) >= 11 is 0. The fourth-order valence-corrected chi connectivity index (χ4v) is 4.46. The van der Waals surface area contributed by atoms with Gasteiger partial charge in [-0.25, -0.2) is 0 Å². The van der Waals surface area contributed by atoms with E-state index in [9.17, 15) is 0 Å². The Hall–Kier alpha value is -3.26. The number of hydrogen-bond acceptors (Lipinski definition) is 0. The second kappa shape index (κ2) is 7.13. The average molecular weight is 421 g/mol. The summed E-state index contributed by atoms with van der Waals surface area (Å²) in [5, 5.41) is 2.51. The molecule has 5 rings (SSSR count). The maximum Gasteiger partial charge on any atom is 0.0535 e. The van der Waals surface area contributed by atoms with Crippen LogP contribution in [0.4, 0.5) is 0 Å². The molecule has 0 aliphatic heterocycles. The topological polar surface area (TPSA) is 9.86 Å². The maximum absolute atomic E-state index is 2.31. The van der Waals surface area contributed by atoms with E-state index in [4.69, 9.17) is 0 Å². The summed E-state index contributed by atoms with van der Waals surface area (Å²) in [4.78, 5) is 0. The van der Waals surface area contributed by atoms with Crippen LogP contribution < -0.4 is 0 Å². The Morgan fingerprint density at radius 1 is 0.469 bits per heavy atom. The lowest BCUT2D eigenvalue weighted by atomic mass is 9.87. The summed E-state index contributed by atoms with van der Waals surface area (Å²) in [6.07, 6.45) is 4.36. The van der Waals surface area contributed by atoms with Crippen molar-refractivity contribution in [2.45, 2.75) is 52.4 Å². The molecule has 0 radical (unpaired) electrons.